The minimum Gasteiger partial charge on any atom is -0.497 e. The Bertz CT molecular complexity index is 898. The van der Waals surface area contributed by atoms with Crippen molar-refractivity contribution < 1.29 is 14.3 Å². The zero-order chi connectivity index (χ0) is 23.9. The summed E-state index contributed by atoms with van der Waals surface area (Å²) >= 11 is 0. The summed E-state index contributed by atoms with van der Waals surface area (Å²) in [6.07, 6.45) is 0.984. The third kappa shape index (κ3) is 7.70. The second-order valence-electron chi connectivity index (χ2n) is 9.68. The van der Waals surface area contributed by atoms with Crippen molar-refractivity contribution in [3.05, 3.63) is 65.2 Å². The van der Waals surface area contributed by atoms with Gasteiger partial charge < -0.3 is 15.0 Å². The number of nitrogens with zero attached hydrogens (tertiary/aromatic N) is 1. The van der Waals surface area contributed by atoms with Crippen LogP contribution < -0.4 is 10.1 Å². The molecular weight excluding hydrogens is 400 g/mol. The van der Waals surface area contributed by atoms with E-state index in [9.17, 15) is 9.59 Å². The number of aryl methyl sites for hydroxylation is 1. The van der Waals surface area contributed by atoms with Crippen molar-refractivity contribution in [1.29, 1.82) is 0 Å². The number of hydrogen-bond donors (Lipinski definition) is 1. The van der Waals surface area contributed by atoms with E-state index in [-0.39, 0.29) is 17.4 Å². The molecule has 0 aromatic heterocycles. The Kier molecular flexibility index (Phi) is 8.88. The maximum Gasteiger partial charge on any atom is 0.242 e. The summed E-state index contributed by atoms with van der Waals surface area (Å²) in [5.74, 6) is 1.01. The van der Waals surface area contributed by atoms with Gasteiger partial charge >= 0.3 is 0 Å². The quantitative estimate of drug-likeness (QED) is 0.594. The summed E-state index contributed by atoms with van der Waals surface area (Å²) in [6, 6.07) is 15.4. The van der Waals surface area contributed by atoms with Crippen LogP contribution in [0.3, 0.4) is 0 Å². The lowest BCUT2D eigenvalue weighted by Gasteiger charge is -2.31. The number of nitrogens with one attached hydrogen (secondary N) is 1. The number of rotatable bonds is 9. The minimum atomic E-state index is -0.587. The predicted molar refractivity (Wildman–Crippen MR) is 130 cm³/mol. The first kappa shape index (κ1) is 25.4. The van der Waals surface area contributed by atoms with Crippen LogP contribution in [0, 0.1) is 0 Å². The second kappa shape index (κ2) is 11.2. The lowest BCUT2D eigenvalue weighted by atomic mass is 10.00. The Morgan fingerprint density at radius 3 is 2.22 bits per heavy atom. The van der Waals surface area contributed by atoms with Crippen molar-refractivity contribution in [3.8, 4) is 5.75 Å². The monoisotopic (exact) mass is 438 g/mol. The summed E-state index contributed by atoms with van der Waals surface area (Å²) in [5, 5.41) is 3.00. The molecule has 0 aliphatic heterocycles. The largest absolute Gasteiger partial charge is 0.497 e. The van der Waals surface area contributed by atoms with Crippen molar-refractivity contribution in [3.63, 3.8) is 0 Å². The topological polar surface area (TPSA) is 58.6 Å². The van der Waals surface area contributed by atoms with E-state index < -0.39 is 6.04 Å². The van der Waals surface area contributed by atoms with E-state index in [4.69, 9.17) is 4.74 Å². The summed E-state index contributed by atoms with van der Waals surface area (Å²) in [4.78, 5) is 27.8. The lowest BCUT2D eigenvalue weighted by molar-refractivity contribution is -0.141. The van der Waals surface area contributed by atoms with Gasteiger partial charge in [0.2, 0.25) is 11.8 Å². The third-order valence-corrected chi connectivity index (χ3v) is 5.43. The second-order valence-corrected chi connectivity index (χ2v) is 9.68. The molecule has 5 heteroatoms. The standard InChI is InChI=1S/C27H38N2O3/c1-19(2)23-14-11-21(12-15-23)13-16-25(30)29(20(3)26(31)28-27(4,5)6)18-22-9-8-10-24(17-22)32-7/h8-12,14-15,17,19-20H,13,16,18H2,1-7H3,(H,28,31)/t20-/m1/s1. The SMILES string of the molecule is COc1cccc(CN(C(=O)CCc2ccc(C(C)C)cc2)[C@H](C)C(=O)NC(C)(C)C)c1. The summed E-state index contributed by atoms with van der Waals surface area (Å²) < 4.78 is 5.32. The molecule has 0 saturated carbocycles. The van der Waals surface area contributed by atoms with Gasteiger partial charge in [-0.25, -0.2) is 0 Å². The maximum absolute atomic E-state index is 13.3. The average Bonchev–Trinajstić information content (AvgIpc) is 2.74. The van der Waals surface area contributed by atoms with Crippen molar-refractivity contribution in [2.24, 2.45) is 0 Å². The van der Waals surface area contributed by atoms with Crippen molar-refractivity contribution >= 4 is 11.8 Å². The summed E-state index contributed by atoms with van der Waals surface area (Å²) in [6.45, 7) is 12.3. The maximum atomic E-state index is 13.3. The van der Waals surface area contributed by atoms with E-state index in [1.165, 1.54) is 5.56 Å². The highest BCUT2D eigenvalue weighted by molar-refractivity contribution is 5.87. The normalized spacial score (nSPS) is 12.4. The lowest BCUT2D eigenvalue weighted by Crippen LogP contribution is -2.52. The first-order valence-corrected chi connectivity index (χ1v) is 11.3. The molecule has 0 saturated heterocycles. The Morgan fingerprint density at radius 2 is 1.66 bits per heavy atom. The van der Waals surface area contributed by atoms with E-state index in [2.05, 4.69) is 43.4 Å². The Labute approximate surface area is 193 Å². The van der Waals surface area contributed by atoms with Crippen LogP contribution in [0.15, 0.2) is 48.5 Å². The van der Waals surface area contributed by atoms with Gasteiger partial charge in [-0.2, -0.15) is 0 Å². The molecule has 32 heavy (non-hydrogen) atoms. The Morgan fingerprint density at radius 1 is 1.00 bits per heavy atom. The van der Waals surface area contributed by atoms with Gasteiger partial charge in [0.1, 0.15) is 11.8 Å². The highest BCUT2D eigenvalue weighted by Gasteiger charge is 2.28. The van der Waals surface area contributed by atoms with Crippen LogP contribution in [0.1, 0.15) is 70.6 Å². The van der Waals surface area contributed by atoms with Crippen LogP contribution in [-0.4, -0.2) is 35.4 Å². The van der Waals surface area contributed by atoms with Crippen LogP contribution in [-0.2, 0) is 22.6 Å². The molecule has 2 rings (SSSR count). The summed E-state index contributed by atoms with van der Waals surface area (Å²) in [5.41, 5.74) is 2.96. The zero-order valence-electron chi connectivity index (χ0n) is 20.6. The highest BCUT2D eigenvalue weighted by Crippen LogP contribution is 2.19. The molecule has 2 aromatic carbocycles. The molecule has 174 valence electrons. The van der Waals surface area contributed by atoms with Crippen LogP contribution >= 0.6 is 0 Å². The van der Waals surface area contributed by atoms with Gasteiger partial charge in [-0.1, -0.05) is 50.2 Å². The molecule has 5 nitrogen and oxygen atoms in total. The fourth-order valence-corrected chi connectivity index (χ4v) is 3.49. The van der Waals surface area contributed by atoms with Gasteiger partial charge in [0, 0.05) is 18.5 Å². The molecule has 0 fully saturated rings. The molecule has 0 spiro atoms. The minimum absolute atomic E-state index is 0.0442. The Balaban J connectivity index is 2.17. The van der Waals surface area contributed by atoms with Crippen LogP contribution in [0.2, 0.25) is 0 Å². The van der Waals surface area contributed by atoms with Crippen molar-refractivity contribution in [2.45, 2.75) is 78.4 Å². The van der Waals surface area contributed by atoms with E-state index in [1.54, 1.807) is 18.9 Å². The predicted octanol–water partition coefficient (Wildman–Crippen LogP) is 5.08. The number of amides is 2. The number of ether oxygens (including phenoxy) is 1. The number of carbonyl (C=O) groups is 2. The molecule has 0 bridgehead atoms. The third-order valence-electron chi connectivity index (χ3n) is 5.43. The van der Waals surface area contributed by atoms with Crippen LogP contribution in [0.25, 0.3) is 0 Å². The van der Waals surface area contributed by atoms with Crippen molar-refractivity contribution in [1.82, 2.24) is 10.2 Å². The zero-order valence-corrected chi connectivity index (χ0v) is 20.6. The van der Waals surface area contributed by atoms with E-state index in [0.717, 1.165) is 16.9 Å². The number of hydrogen-bond acceptors (Lipinski definition) is 3. The van der Waals surface area contributed by atoms with Crippen LogP contribution in [0.5, 0.6) is 5.75 Å². The average molecular weight is 439 g/mol. The van der Waals surface area contributed by atoms with Gasteiger partial charge in [-0.15, -0.1) is 0 Å². The van der Waals surface area contributed by atoms with E-state index in [0.29, 0.717) is 25.3 Å². The number of methoxy groups -OCH3 is 1. The van der Waals surface area contributed by atoms with E-state index >= 15 is 0 Å². The Hall–Kier alpha value is -2.82. The van der Waals surface area contributed by atoms with Gasteiger partial charge in [0.25, 0.3) is 0 Å². The molecule has 0 aliphatic rings. The molecule has 0 radical (unpaired) electrons. The molecule has 2 amide bonds. The summed E-state index contributed by atoms with van der Waals surface area (Å²) in [7, 11) is 1.62. The molecular formula is C27H38N2O3. The first-order valence-electron chi connectivity index (χ1n) is 11.3. The first-order chi connectivity index (χ1) is 15.0. The van der Waals surface area contributed by atoms with Crippen LogP contribution in [0.4, 0.5) is 0 Å². The smallest absolute Gasteiger partial charge is 0.242 e. The molecule has 1 N–H and O–H groups in total. The van der Waals surface area contributed by atoms with Gasteiger partial charge in [-0.3, -0.25) is 9.59 Å². The van der Waals surface area contributed by atoms with E-state index in [1.807, 2.05) is 45.0 Å². The number of carbonyl (C=O) groups excluding carboxylic acids is 2. The highest BCUT2D eigenvalue weighted by atomic mass is 16.5. The van der Waals surface area contributed by atoms with Gasteiger partial charge in [0.15, 0.2) is 0 Å². The van der Waals surface area contributed by atoms with Crippen molar-refractivity contribution in [2.75, 3.05) is 7.11 Å². The molecule has 0 unspecified atom stereocenters. The molecule has 0 aliphatic carbocycles. The number of benzene rings is 2. The molecule has 2 aromatic rings. The molecule has 1 atom stereocenters. The van der Waals surface area contributed by atoms with Gasteiger partial charge in [-0.05, 0) is 68.9 Å². The fourth-order valence-electron chi connectivity index (χ4n) is 3.49. The molecule has 0 heterocycles. The fraction of sp³-hybridized carbons (Fsp3) is 0.481. The van der Waals surface area contributed by atoms with Gasteiger partial charge in [0.05, 0.1) is 7.11 Å².